The third kappa shape index (κ3) is 658. The fraction of sp³-hybridized carbons (Fsp3) is 1.00. The molecule has 54 valence electrons. The molecule has 5 heteroatoms. The third-order valence-electron chi connectivity index (χ3n) is 0. The van der Waals surface area contributed by atoms with E-state index in [1.165, 1.54) is 0 Å². The summed E-state index contributed by atoms with van der Waals surface area (Å²) in [7, 11) is 1.00. The molecule has 0 amide bonds. The van der Waals surface area contributed by atoms with E-state index in [1.807, 2.05) is 0 Å². The Balaban J connectivity index is -0.00000000567. The second kappa shape index (κ2) is 134. The molecule has 0 rings (SSSR count). The van der Waals surface area contributed by atoms with Gasteiger partial charge in [0, 0.05) is 35.4 Å². The van der Waals surface area contributed by atoms with Crippen LogP contribution in [0.4, 0.5) is 0 Å². The number of hydrogen-bond donors (Lipinski definition) is 2. The summed E-state index contributed by atoms with van der Waals surface area (Å²) in [4.78, 5) is 0. The molecule has 0 heterocycles. The van der Waals surface area contributed by atoms with Crippen molar-refractivity contribution in [2.45, 2.75) is 6.92 Å². The van der Waals surface area contributed by atoms with Gasteiger partial charge in [-0.05, 0) is 6.92 Å². The van der Waals surface area contributed by atoms with E-state index in [4.69, 9.17) is 10.2 Å². The molecule has 0 aromatic heterocycles. The predicted octanol–water partition coefficient (Wildman–Crippen LogP) is -2.04. The summed E-state index contributed by atoms with van der Waals surface area (Å²) in [5.41, 5.74) is 0. The van der Waals surface area contributed by atoms with Gasteiger partial charge in [0.15, 0.2) is 0 Å². The minimum absolute atomic E-state index is 0. The zero-order valence-corrected chi connectivity index (χ0v) is 6.66. The van der Waals surface area contributed by atoms with Gasteiger partial charge < -0.3 is 21.2 Å². The Kier molecular flexibility index (Phi) is 649. The van der Waals surface area contributed by atoms with Gasteiger partial charge in [-0.25, -0.2) is 0 Å². The van der Waals surface area contributed by atoms with Crippen LogP contribution in [-0.4, -0.2) is 34.9 Å². The monoisotopic (exact) mass is 162 g/mol. The molecule has 6 N–H and O–H groups in total. The van der Waals surface area contributed by atoms with Crippen LogP contribution in [-0.2, 0) is 21.7 Å². The van der Waals surface area contributed by atoms with E-state index in [0.717, 1.165) is 7.11 Å². The molecule has 0 saturated carbocycles. The fourth-order valence-electron chi connectivity index (χ4n) is 0. The van der Waals surface area contributed by atoms with Gasteiger partial charge in [-0.2, -0.15) is 0 Å². The van der Waals surface area contributed by atoms with Crippen LogP contribution in [0.2, 0.25) is 0 Å². The van der Waals surface area contributed by atoms with Crippen molar-refractivity contribution in [3.8, 4) is 0 Å². The standard InChI is InChI=1S/C2H6O.CH4O.2H2O.Ti/c1-2-3;1-2;;;/h3H,2H2,1H3;2H,1H3;2*1H2;. The zero-order chi connectivity index (χ0) is 4.71. The number of hydrogen-bond acceptors (Lipinski definition) is 2. The average Bonchev–Trinajstić information content (AvgIpc) is 1.46. The summed E-state index contributed by atoms with van der Waals surface area (Å²) in [6.07, 6.45) is 0. The summed E-state index contributed by atoms with van der Waals surface area (Å²) in [5.74, 6) is 0. The van der Waals surface area contributed by atoms with E-state index in [9.17, 15) is 0 Å². The molecule has 0 unspecified atom stereocenters. The molecule has 0 aliphatic rings. The molecule has 0 aliphatic carbocycles. The quantitative estimate of drug-likeness (QED) is 0.400. The SMILES string of the molecule is CCO.CO.O.O.[Ti]. The second-order valence-electron chi connectivity index (χ2n) is 0.316. The van der Waals surface area contributed by atoms with E-state index < -0.39 is 0 Å². The van der Waals surface area contributed by atoms with Crippen molar-refractivity contribution < 1.29 is 42.9 Å². The molecule has 0 bridgehead atoms. The number of rotatable bonds is 0. The van der Waals surface area contributed by atoms with Crippen molar-refractivity contribution in [2.24, 2.45) is 0 Å². The number of aliphatic hydroxyl groups is 2. The Hall–Kier alpha value is 0.554. The van der Waals surface area contributed by atoms with Crippen LogP contribution in [0, 0.1) is 0 Å². The Bertz CT molecular complexity index is 11.2. The van der Waals surface area contributed by atoms with Crippen LogP contribution in [0.3, 0.4) is 0 Å². The molecule has 0 saturated heterocycles. The maximum Gasteiger partial charge on any atom is 0.0402 e. The van der Waals surface area contributed by atoms with Crippen LogP contribution in [0.25, 0.3) is 0 Å². The topological polar surface area (TPSA) is 103 Å². The molecule has 0 fully saturated rings. The minimum atomic E-state index is 0. The van der Waals surface area contributed by atoms with E-state index in [-0.39, 0.29) is 39.3 Å². The molecule has 0 atom stereocenters. The van der Waals surface area contributed by atoms with E-state index in [0.29, 0.717) is 0 Å². The molecule has 0 aromatic rings. The fourth-order valence-corrected chi connectivity index (χ4v) is 0. The van der Waals surface area contributed by atoms with Crippen LogP contribution in [0.15, 0.2) is 0 Å². The average molecular weight is 162 g/mol. The van der Waals surface area contributed by atoms with Gasteiger partial charge in [0.05, 0.1) is 0 Å². The molecule has 4 nitrogen and oxygen atoms in total. The van der Waals surface area contributed by atoms with Crippen molar-refractivity contribution in [2.75, 3.05) is 13.7 Å². The summed E-state index contributed by atoms with van der Waals surface area (Å²) < 4.78 is 0. The van der Waals surface area contributed by atoms with Crippen molar-refractivity contribution in [3.63, 3.8) is 0 Å². The first-order valence-electron chi connectivity index (χ1n) is 1.47. The summed E-state index contributed by atoms with van der Waals surface area (Å²) in [6.45, 7) is 1.93. The van der Waals surface area contributed by atoms with Gasteiger partial charge in [0.2, 0.25) is 0 Å². The third-order valence-corrected chi connectivity index (χ3v) is 0. The first-order valence-corrected chi connectivity index (χ1v) is 1.47. The molecule has 0 aromatic carbocycles. The summed E-state index contributed by atoms with van der Waals surface area (Å²) in [6, 6.07) is 0. The van der Waals surface area contributed by atoms with Crippen LogP contribution >= 0.6 is 0 Å². The Morgan fingerprint density at radius 2 is 1.12 bits per heavy atom. The van der Waals surface area contributed by atoms with Gasteiger partial charge in [0.1, 0.15) is 0 Å². The number of aliphatic hydroxyl groups excluding tert-OH is 2. The van der Waals surface area contributed by atoms with Gasteiger partial charge in [0.25, 0.3) is 0 Å². The van der Waals surface area contributed by atoms with Crippen molar-refractivity contribution in [1.29, 1.82) is 0 Å². The van der Waals surface area contributed by atoms with Gasteiger partial charge in [-0.3, -0.25) is 0 Å². The van der Waals surface area contributed by atoms with Crippen LogP contribution in [0.1, 0.15) is 6.92 Å². The largest absolute Gasteiger partial charge is 0.412 e. The Morgan fingerprint density at radius 1 is 1.12 bits per heavy atom. The van der Waals surface area contributed by atoms with Crippen LogP contribution in [0.5, 0.6) is 0 Å². The van der Waals surface area contributed by atoms with Crippen LogP contribution < -0.4 is 0 Å². The van der Waals surface area contributed by atoms with E-state index in [1.54, 1.807) is 6.92 Å². The summed E-state index contributed by atoms with van der Waals surface area (Å²) in [5, 5.41) is 14.6. The van der Waals surface area contributed by atoms with Gasteiger partial charge >= 0.3 is 0 Å². The minimum Gasteiger partial charge on any atom is -0.412 e. The molecule has 0 radical (unpaired) electrons. The maximum absolute atomic E-state index is 7.57. The van der Waals surface area contributed by atoms with Crippen molar-refractivity contribution >= 4 is 0 Å². The predicted molar refractivity (Wildman–Crippen MR) is 28.1 cm³/mol. The summed E-state index contributed by atoms with van der Waals surface area (Å²) >= 11 is 0. The smallest absolute Gasteiger partial charge is 0.0402 e. The van der Waals surface area contributed by atoms with Crippen molar-refractivity contribution in [3.05, 3.63) is 0 Å². The van der Waals surface area contributed by atoms with Gasteiger partial charge in [-0.15, -0.1) is 0 Å². The zero-order valence-electron chi connectivity index (χ0n) is 5.10. The molecular weight excluding hydrogens is 148 g/mol. The first-order chi connectivity index (χ1) is 2.41. The maximum atomic E-state index is 7.57. The first kappa shape index (κ1) is 38.6. The molecule has 0 aliphatic heterocycles. The molecule has 0 spiro atoms. The second-order valence-corrected chi connectivity index (χ2v) is 0.316. The normalized spacial score (nSPS) is 3.00. The van der Waals surface area contributed by atoms with Crippen molar-refractivity contribution in [1.82, 2.24) is 0 Å². The van der Waals surface area contributed by atoms with Gasteiger partial charge in [-0.1, -0.05) is 0 Å². The van der Waals surface area contributed by atoms with E-state index in [2.05, 4.69) is 0 Å². The Labute approximate surface area is 64.0 Å². The Morgan fingerprint density at radius 3 is 1.12 bits per heavy atom. The molecular formula is C3H14O4Ti. The van der Waals surface area contributed by atoms with E-state index >= 15 is 0 Å². The molecule has 8 heavy (non-hydrogen) atoms.